The lowest BCUT2D eigenvalue weighted by molar-refractivity contribution is 0.703. The van der Waals surface area contributed by atoms with Gasteiger partial charge in [-0.1, -0.05) is 0 Å². The van der Waals surface area contributed by atoms with Crippen LogP contribution in [-0.2, 0) is 20.6 Å². The first-order valence-corrected chi connectivity index (χ1v) is 6.87. The lowest BCUT2D eigenvalue weighted by atomic mass is 10.2. The normalized spacial score (nSPS) is 11.6. The maximum atomic E-state index is 12.4. The van der Waals surface area contributed by atoms with Crippen molar-refractivity contribution in [2.45, 2.75) is 13.5 Å². The first kappa shape index (κ1) is 13.0. The van der Waals surface area contributed by atoms with E-state index in [2.05, 4.69) is 26.1 Å². The number of fused-ring (bicyclic) bond motifs is 3. The quantitative estimate of drug-likeness (QED) is 0.657. The SMILES string of the molecule is CCn1cc(Br)c2c3c(=O)n(C)c(=O)n(C)c3nnc21. The fraction of sp³-hybridized carbons (Fsp3) is 0.333. The third-order valence-electron chi connectivity index (χ3n) is 3.47. The topological polar surface area (TPSA) is 74.7 Å². The zero-order valence-electron chi connectivity index (χ0n) is 11.2. The van der Waals surface area contributed by atoms with E-state index in [0.717, 1.165) is 9.04 Å². The van der Waals surface area contributed by atoms with Crippen molar-refractivity contribution in [2.24, 2.45) is 14.1 Å². The van der Waals surface area contributed by atoms with Crippen molar-refractivity contribution in [3.05, 3.63) is 31.5 Å². The number of hydrogen-bond acceptors (Lipinski definition) is 4. The van der Waals surface area contributed by atoms with Gasteiger partial charge in [0.15, 0.2) is 11.3 Å². The van der Waals surface area contributed by atoms with E-state index < -0.39 is 5.69 Å². The molecule has 0 saturated heterocycles. The highest BCUT2D eigenvalue weighted by Crippen LogP contribution is 2.28. The Kier molecular flexibility index (Phi) is 2.79. The largest absolute Gasteiger partial charge is 0.332 e. The number of halogens is 1. The van der Waals surface area contributed by atoms with Crippen LogP contribution < -0.4 is 11.2 Å². The molecule has 104 valence electrons. The van der Waals surface area contributed by atoms with Crippen molar-refractivity contribution < 1.29 is 0 Å². The average Bonchev–Trinajstić information content (AvgIpc) is 2.78. The molecule has 3 aromatic rings. The molecule has 0 atom stereocenters. The first-order valence-electron chi connectivity index (χ1n) is 6.08. The van der Waals surface area contributed by atoms with Crippen LogP contribution in [0.3, 0.4) is 0 Å². The summed E-state index contributed by atoms with van der Waals surface area (Å²) in [5.41, 5.74) is 0.141. The van der Waals surface area contributed by atoms with Crippen molar-refractivity contribution in [1.29, 1.82) is 0 Å². The number of hydrogen-bond donors (Lipinski definition) is 0. The zero-order valence-corrected chi connectivity index (χ0v) is 12.8. The summed E-state index contributed by atoms with van der Waals surface area (Å²) in [6.45, 7) is 2.70. The van der Waals surface area contributed by atoms with Crippen LogP contribution in [0.25, 0.3) is 22.1 Å². The van der Waals surface area contributed by atoms with Crippen LogP contribution >= 0.6 is 15.9 Å². The number of aryl methyl sites for hydroxylation is 2. The van der Waals surface area contributed by atoms with Crippen LogP contribution in [0.4, 0.5) is 0 Å². The summed E-state index contributed by atoms with van der Waals surface area (Å²) in [5, 5.41) is 9.29. The smallest absolute Gasteiger partial charge is 0.330 e. The molecule has 0 spiro atoms. The fourth-order valence-electron chi connectivity index (χ4n) is 2.36. The van der Waals surface area contributed by atoms with Gasteiger partial charge in [-0.3, -0.25) is 13.9 Å². The molecule has 0 unspecified atom stereocenters. The lowest BCUT2D eigenvalue weighted by Crippen LogP contribution is -2.37. The Bertz CT molecular complexity index is 966. The van der Waals surface area contributed by atoms with E-state index in [1.807, 2.05) is 17.7 Å². The number of nitrogens with zero attached hydrogens (tertiary/aromatic N) is 5. The minimum atomic E-state index is -0.415. The molecule has 3 rings (SSSR count). The summed E-state index contributed by atoms with van der Waals surface area (Å²) in [6.07, 6.45) is 1.86. The third-order valence-corrected chi connectivity index (χ3v) is 4.07. The summed E-state index contributed by atoms with van der Waals surface area (Å²) in [4.78, 5) is 24.3. The molecule has 0 radical (unpaired) electrons. The Hall–Kier alpha value is -1.96. The van der Waals surface area contributed by atoms with Gasteiger partial charge >= 0.3 is 5.69 Å². The molecule has 0 aliphatic carbocycles. The Balaban J connectivity index is 2.72. The molecule has 0 fully saturated rings. The van der Waals surface area contributed by atoms with Gasteiger partial charge in [-0.05, 0) is 22.9 Å². The van der Waals surface area contributed by atoms with Crippen molar-refractivity contribution in [3.63, 3.8) is 0 Å². The Labute approximate surface area is 121 Å². The molecule has 8 heteroatoms. The second kappa shape index (κ2) is 4.27. The first-order chi connectivity index (χ1) is 9.47. The molecule has 0 aromatic carbocycles. The van der Waals surface area contributed by atoms with Gasteiger partial charge in [0, 0.05) is 31.3 Å². The Morgan fingerprint density at radius 2 is 1.75 bits per heavy atom. The summed E-state index contributed by atoms with van der Waals surface area (Å²) in [5.74, 6) is 0. The van der Waals surface area contributed by atoms with Gasteiger partial charge in [0.25, 0.3) is 5.56 Å². The van der Waals surface area contributed by atoms with Crippen LogP contribution in [-0.4, -0.2) is 23.9 Å². The second-order valence-corrected chi connectivity index (χ2v) is 5.42. The molecule has 0 saturated carbocycles. The van der Waals surface area contributed by atoms with Gasteiger partial charge in [-0.2, -0.15) is 0 Å². The summed E-state index contributed by atoms with van der Waals surface area (Å²) in [6, 6.07) is 0. The predicted octanol–water partition coefficient (Wildman–Crippen LogP) is 0.764. The maximum absolute atomic E-state index is 12.4. The monoisotopic (exact) mass is 337 g/mol. The van der Waals surface area contributed by atoms with Crippen LogP contribution in [0.15, 0.2) is 20.3 Å². The number of rotatable bonds is 1. The van der Waals surface area contributed by atoms with Crippen molar-refractivity contribution in [2.75, 3.05) is 0 Å². The molecular formula is C12H12BrN5O2. The second-order valence-electron chi connectivity index (χ2n) is 4.57. The summed E-state index contributed by atoms with van der Waals surface area (Å²) >= 11 is 3.46. The molecule has 0 aliphatic rings. The van der Waals surface area contributed by atoms with E-state index >= 15 is 0 Å². The van der Waals surface area contributed by atoms with Crippen LogP contribution in [0.1, 0.15) is 6.92 Å². The zero-order chi connectivity index (χ0) is 14.6. The third kappa shape index (κ3) is 1.51. The van der Waals surface area contributed by atoms with E-state index in [1.165, 1.54) is 11.6 Å². The van der Waals surface area contributed by atoms with E-state index in [0.29, 0.717) is 28.6 Å². The molecular weight excluding hydrogens is 326 g/mol. The minimum Gasteiger partial charge on any atom is -0.330 e. The minimum absolute atomic E-state index is 0.292. The molecule has 3 heterocycles. The van der Waals surface area contributed by atoms with E-state index in [9.17, 15) is 9.59 Å². The highest BCUT2D eigenvalue weighted by Gasteiger charge is 2.18. The fourth-order valence-corrected chi connectivity index (χ4v) is 2.98. The van der Waals surface area contributed by atoms with Gasteiger partial charge in [-0.25, -0.2) is 4.79 Å². The van der Waals surface area contributed by atoms with Gasteiger partial charge in [0.1, 0.15) is 0 Å². The molecule has 0 bridgehead atoms. The number of aromatic nitrogens is 5. The van der Waals surface area contributed by atoms with E-state index in [-0.39, 0.29) is 5.56 Å². The molecule has 0 amide bonds. The maximum Gasteiger partial charge on any atom is 0.332 e. The van der Waals surface area contributed by atoms with Crippen molar-refractivity contribution in [3.8, 4) is 0 Å². The van der Waals surface area contributed by atoms with Gasteiger partial charge in [-0.15, -0.1) is 10.2 Å². The molecule has 20 heavy (non-hydrogen) atoms. The average molecular weight is 338 g/mol. The van der Waals surface area contributed by atoms with E-state index in [1.54, 1.807) is 7.05 Å². The standard InChI is InChI=1S/C12H12BrN5O2/c1-4-18-5-6(13)7-8-9(14-15-10(7)18)16(2)12(20)17(3)11(8)19/h5H,4H2,1-3H3. The van der Waals surface area contributed by atoms with Crippen LogP contribution in [0, 0.1) is 0 Å². The van der Waals surface area contributed by atoms with Gasteiger partial charge < -0.3 is 4.57 Å². The van der Waals surface area contributed by atoms with Gasteiger partial charge in [0.2, 0.25) is 0 Å². The summed E-state index contributed by atoms with van der Waals surface area (Å²) < 4.78 is 5.08. The van der Waals surface area contributed by atoms with Crippen LogP contribution in [0.5, 0.6) is 0 Å². The molecule has 7 nitrogen and oxygen atoms in total. The molecule has 0 N–H and O–H groups in total. The van der Waals surface area contributed by atoms with Crippen LogP contribution in [0.2, 0.25) is 0 Å². The Morgan fingerprint density at radius 3 is 2.40 bits per heavy atom. The molecule has 3 aromatic heterocycles. The van der Waals surface area contributed by atoms with Crippen molar-refractivity contribution in [1.82, 2.24) is 23.9 Å². The Morgan fingerprint density at radius 1 is 1.10 bits per heavy atom. The highest BCUT2D eigenvalue weighted by molar-refractivity contribution is 9.10. The molecule has 0 aliphatic heterocycles. The van der Waals surface area contributed by atoms with E-state index in [4.69, 9.17) is 0 Å². The van der Waals surface area contributed by atoms with Crippen molar-refractivity contribution >= 4 is 38.0 Å². The highest BCUT2D eigenvalue weighted by atomic mass is 79.9. The van der Waals surface area contributed by atoms with Gasteiger partial charge in [0.05, 0.1) is 10.8 Å². The summed E-state index contributed by atoms with van der Waals surface area (Å²) in [7, 11) is 3.04. The predicted molar refractivity (Wildman–Crippen MR) is 78.9 cm³/mol. The lowest BCUT2D eigenvalue weighted by Gasteiger charge is -2.07.